The van der Waals surface area contributed by atoms with Crippen LogP contribution < -0.4 is 0 Å². The first-order valence-corrected chi connectivity index (χ1v) is 20.0. The minimum atomic E-state index is -0.556. The van der Waals surface area contributed by atoms with Crippen LogP contribution in [0.5, 0.6) is 0 Å². The van der Waals surface area contributed by atoms with E-state index < -0.39 is 12.2 Å². The first-order chi connectivity index (χ1) is 23.4. The molecule has 0 heterocycles. The largest absolute Gasteiger partial charge is 0.455 e. The van der Waals surface area contributed by atoms with Gasteiger partial charge in [-0.2, -0.15) is 0 Å². The highest BCUT2D eigenvalue weighted by atomic mass is 16.6. The Bertz CT molecular complexity index is 1090. The molecule has 2 aromatic carbocycles. The zero-order valence-corrected chi connectivity index (χ0v) is 30.9. The number of esters is 2. The molecule has 0 saturated heterocycles. The summed E-state index contributed by atoms with van der Waals surface area (Å²) in [6.45, 7) is 8.13. The van der Waals surface area contributed by atoms with E-state index in [9.17, 15) is 9.59 Å². The lowest BCUT2D eigenvalue weighted by Gasteiger charge is -2.29. The lowest BCUT2D eigenvalue weighted by molar-refractivity contribution is -0.0239. The van der Waals surface area contributed by atoms with Crippen LogP contribution >= 0.6 is 0 Å². The van der Waals surface area contributed by atoms with Crippen LogP contribution in [-0.2, 0) is 9.47 Å². The molecule has 2 fully saturated rings. The molecule has 0 bridgehead atoms. The van der Waals surface area contributed by atoms with Crippen LogP contribution in [0.2, 0.25) is 0 Å². The van der Waals surface area contributed by atoms with Crippen molar-refractivity contribution < 1.29 is 19.1 Å². The first kappa shape index (κ1) is 38.2. The van der Waals surface area contributed by atoms with Crippen LogP contribution in [0.25, 0.3) is 0 Å². The molecular formula is C44H66O4. The number of benzene rings is 2. The topological polar surface area (TPSA) is 52.6 Å². The number of carbonyl (C=O) groups excluding carboxylic acids is 2. The summed E-state index contributed by atoms with van der Waals surface area (Å²) in [5.41, 5.74) is 3.74. The quantitative estimate of drug-likeness (QED) is 0.111. The predicted octanol–water partition coefficient (Wildman–Crippen LogP) is 12.7. The number of hydrogen-bond acceptors (Lipinski definition) is 4. The minimum Gasteiger partial charge on any atom is -0.455 e. The first-order valence-electron chi connectivity index (χ1n) is 20.0. The molecule has 2 saturated carbocycles. The second-order valence-electron chi connectivity index (χ2n) is 15.3. The number of rotatable bonds is 19. The van der Waals surface area contributed by atoms with Gasteiger partial charge in [0.15, 0.2) is 0 Å². The van der Waals surface area contributed by atoms with E-state index >= 15 is 0 Å². The van der Waals surface area contributed by atoms with Crippen LogP contribution in [0, 0.1) is 11.8 Å². The Morgan fingerprint density at radius 1 is 0.521 bits per heavy atom. The lowest BCUT2D eigenvalue weighted by atomic mass is 9.77. The monoisotopic (exact) mass is 658 g/mol. The van der Waals surface area contributed by atoms with Gasteiger partial charge in [0.25, 0.3) is 0 Å². The van der Waals surface area contributed by atoms with Crippen molar-refractivity contribution >= 4 is 11.9 Å². The fraction of sp³-hybridized carbons (Fsp3) is 0.682. The van der Waals surface area contributed by atoms with Crippen molar-refractivity contribution in [2.45, 2.75) is 180 Å². The molecule has 2 unspecified atom stereocenters. The van der Waals surface area contributed by atoms with E-state index in [0.717, 1.165) is 11.8 Å². The maximum absolute atomic E-state index is 12.9. The number of carbonyl (C=O) groups is 2. The van der Waals surface area contributed by atoms with Gasteiger partial charge in [0.05, 0.1) is 11.1 Å². The van der Waals surface area contributed by atoms with Crippen molar-refractivity contribution in [1.82, 2.24) is 0 Å². The molecule has 0 aliphatic heterocycles. The molecule has 4 nitrogen and oxygen atoms in total. The van der Waals surface area contributed by atoms with Crippen molar-refractivity contribution in [3.05, 3.63) is 70.8 Å². The highest BCUT2D eigenvalue weighted by Gasteiger charge is 2.26. The van der Waals surface area contributed by atoms with E-state index in [1.807, 2.05) is 24.3 Å². The number of unbranched alkanes of at least 4 members (excludes halogenated alkanes) is 8. The minimum absolute atomic E-state index is 0.376. The summed E-state index contributed by atoms with van der Waals surface area (Å²) in [7, 11) is 0. The summed E-state index contributed by atoms with van der Waals surface area (Å²) in [6.07, 6.45) is 25.6. The Balaban J connectivity index is 1.15. The molecule has 2 aliphatic rings. The van der Waals surface area contributed by atoms with Gasteiger partial charge < -0.3 is 9.47 Å². The molecule has 48 heavy (non-hydrogen) atoms. The molecule has 0 spiro atoms. The second kappa shape index (κ2) is 20.8. The molecule has 0 radical (unpaired) electrons. The van der Waals surface area contributed by atoms with Gasteiger partial charge in [-0.1, -0.05) is 115 Å². The molecule has 0 amide bonds. The van der Waals surface area contributed by atoms with E-state index in [2.05, 4.69) is 38.1 Å². The van der Waals surface area contributed by atoms with Gasteiger partial charge in [0, 0.05) is 0 Å². The van der Waals surface area contributed by atoms with E-state index in [0.29, 0.717) is 23.0 Å². The van der Waals surface area contributed by atoms with Crippen molar-refractivity contribution in [2.75, 3.05) is 0 Å². The molecule has 0 N–H and O–H groups in total. The molecule has 2 atom stereocenters. The molecular weight excluding hydrogens is 592 g/mol. The van der Waals surface area contributed by atoms with Gasteiger partial charge in [-0.3, -0.25) is 0 Å². The lowest BCUT2D eigenvalue weighted by Crippen LogP contribution is -2.30. The smallest absolute Gasteiger partial charge is 0.338 e. The summed E-state index contributed by atoms with van der Waals surface area (Å²) in [4.78, 5) is 25.9. The highest BCUT2D eigenvalue weighted by molar-refractivity contribution is 5.90. The number of ether oxygens (including phenoxy) is 2. The summed E-state index contributed by atoms with van der Waals surface area (Å²) < 4.78 is 11.5. The summed E-state index contributed by atoms with van der Waals surface area (Å²) >= 11 is 0. The van der Waals surface area contributed by atoms with Gasteiger partial charge >= 0.3 is 11.9 Å². The van der Waals surface area contributed by atoms with E-state index in [1.54, 1.807) is 13.8 Å². The molecule has 2 aromatic rings. The van der Waals surface area contributed by atoms with E-state index in [-0.39, 0.29) is 11.9 Å². The predicted molar refractivity (Wildman–Crippen MR) is 199 cm³/mol. The van der Waals surface area contributed by atoms with Gasteiger partial charge in [0.2, 0.25) is 0 Å². The molecule has 2 aliphatic carbocycles. The summed E-state index contributed by atoms with van der Waals surface area (Å²) in [5.74, 6) is 2.20. The maximum atomic E-state index is 12.9. The standard InChI is InChI=1S/C44H66O4/c1-5-7-9-11-13-15-35-17-21-37(22-18-35)39-25-29-41(30-26-39)43(45)47-33(3)34(4)48-44(46)42-31-27-40(28-32-42)38-23-19-36(20-24-38)16-14-12-10-8-6-2/h25-38H,5-24H2,1-4H3/t33?,34?,35-,36-,37-,38-. The average Bonchev–Trinajstić information content (AvgIpc) is 3.12. The van der Waals surface area contributed by atoms with Gasteiger partial charge in [0.1, 0.15) is 12.2 Å². The summed E-state index contributed by atoms with van der Waals surface area (Å²) in [5, 5.41) is 0. The SMILES string of the molecule is CCCCCCC[C@H]1CC[C@H](c2ccc(C(=O)OC(C)C(C)OC(=O)c3ccc([C@H]4CC[C@H](CCCCCCC)CC4)cc3)cc2)CC1. The molecule has 0 aromatic heterocycles. The van der Waals surface area contributed by atoms with Crippen molar-refractivity contribution in [1.29, 1.82) is 0 Å². The third-order valence-electron chi connectivity index (χ3n) is 11.6. The van der Waals surface area contributed by atoms with E-state index in [1.165, 1.54) is 140 Å². The van der Waals surface area contributed by atoms with Crippen LogP contribution in [0.3, 0.4) is 0 Å². The van der Waals surface area contributed by atoms with Gasteiger partial charge in [-0.25, -0.2) is 9.59 Å². The van der Waals surface area contributed by atoms with Crippen LogP contribution in [0.15, 0.2) is 48.5 Å². The van der Waals surface area contributed by atoms with Crippen LogP contribution in [0.1, 0.15) is 200 Å². The Morgan fingerprint density at radius 3 is 1.19 bits per heavy atom. The normalized spacial score (nSPS) is 22.5. The fourth-order valence-electron chi connectivity index (χ4n) is 8.09. The molecule has 4 heteroatoms. The zero-order valence-electron chi connectivity index (χ0n) is 30.9. The Kier molecular flexibility index (Phi) is 16.5. The Labute approximate surface area is 293 Å². The molecule has 4 rings (SSSR count). The average molecular weight is 659 g/mol. The highest BCUT2D eigenvalue weighted by Crippen LogP contribution is 2.39. The van der Waals surface area contributed by atoms with Crippen molar-refractivity contribution in [3.63, 3.8) is 0 Å². The zero-order chi connectivity index (χ0) is 34.1. The Hall–Kier alpha value is -2.62. The molecule has 266 valence electrons. The van der Waals surface area contributed by atoms with Crippen LogP contribution in [-0.4, -0.2) is 24.1 Å². The third kappa shape index (κ3) is 12.4. The van der Waals surface area contributed by atoms with Crippen LogP contribution in [0.4, 0.5) is 0 Å². The van der Waals surface area contributed by atoms with Crippen molar-refractivity contribution in [2.24, 2.45) is 11.8 Å². The van der Waals surface area contributed by atoms with Gasteiger partial charge in [-0.05, 0) is 124 Å². The Morgan fingerprint density at radius 2 is 0.854 bits per heavy atom. The van der Waals surface area contributed by atoms with E-state index in [4.69, 9.17) is 9.47 Å². The van der Waals surface area contributed by atoms with Gasteiger partial charge in [-0.15, -0.1) is 0 Å². The third-order valence-corrected chi connectivity index (χ3v) is 11.6. The van der Waals surface area contributed by atoms with Crippen molar-refractivity contribution in [3.8, 4) is 0 Å². The number of hydrogen-bond donors (Lipinski definition) is 0. The maximum Gasteiger partial charge on any atom is 0.338 e. The second-order valence-corrected chi connectivity index (χ2v) is 15.3. The fourth-order valence-corrected chi connectivity index (χ4v) is 8.09. The summed E-state index contributed by atoms with van der Waals surface area (Å²) in [6, 6.07) is 16.0.